The molecule has 2 heterocycles. The van der Waals surface area contributed by atoms with Crippen LogP contribution in [0.2, 0.25) is 0 Å². The monoisotopic (exact) mass is 297 g/mol. The first-order chi connectivity index (χ1) is 8.25. The number of furan rings is 1. The molecule has 0 radical (unpaired) electrons. The van der Waals surface area contributed by atoms with Crippen LogP contribution in [0.3, 0.4) is 0 Å². The van der Waals surface area contributed by atoms with Crippen LogP contribution in [0.25, 0.3) is 0 Å². The summed E-state index contributed by atoms with van der Waals surface area (Å²) in [5.41, 5.74) is 0. The van der Waals surface area contributed by atoms with Gasteiger partial charge in [0.05, 0.1) is 12.4 Å². The lowest BCUT2D eigenvalue weighted by molar-refractivity contribution is 0.413. The highest BCUT2D eigenvalue weighted by Crippen LogP contribution is 2.19. The van der Waals surface area contributed by atoms with Gasteiger partial charge in [0.15, 0.2) is 4.67 Å². The summed E-state index contributed by atoms with van der Waals surface area (Å²) < 4.78 is 8.34. The van der Waals surface area contributed by atoms with E-state index in [9.17, 15) is 0 Å². The average Bonchev–Trinajstić information content (AvgIpc) is 2.95. The zero-order valence-electron chi connectivity index (χ0n) is 9.77. The highest BCUT2D eigenvalue weighted by atomic mass is 79.9. The Hall–Kier alpha value is -1.07. The Morgan fingerprint density at radius 3 is 3.06 bits per heavy atom. The molecule has 1 N–H and O–H groups in total. The van der Waals surface area contributed by atoms with E-state index in [1.165, 1.54) is 0 Å². The van der Waals surface area contributed by atoms with Gasteiger partial charge in [-0.15, -0.1) is 0 Å². The van der Waals surface area contributed by atoms with Gasteiger partial charge in [-0.2, -0.15) is 0 Å². The zero-order valence-corrected chi connectivity index (χ0v) is 11.4. The molecule has 1 unspecified atom stereocenters. The number of nitrogens with one attached hydrogen (secondary N) is 1. The molecule has 1 atom stereocenters. The maximum absolute atomic E-state index is 5.49. The molecule has 17 heavy (non-hydrogen) atoms. The molecule has 0 aliphatic heterocycles. The van der Waals surface area contributed by atoms with Gasteiger partial charge in [-0.3, -0.25) is 0 Å². The highest BCUT2D eigenvalue weighted by molar-refractivity contribution is 9.10. The van der Waals surface area contributed by atoms with E-state index in [1.54, 1.807) is 6.20 Å². The number of rotatable bonds is 6. The van der Waals surface area contributed by atoms with Crippen molar-refractivity contribution in [2.24, 2.45) is 0 Å². The molecule has 5 heteroatoms. The van der Waals surface area contributed by atoms with Crippen LogP contribution in [0.1, 0.15) is 25.1 Å². The first kappa shape index (κ1) is 12.4. The van der Waals surface area contributed by atoms with Crippen molar-refractivity contribution in [1.82, 2.24) is 14.9 Å². The Labute approximate surface area is 109 Å². The third kappa shape index (κ3) is 3.71. The molecule has 2 aromatic rings. The summed E-state index contributed by atoms with van der Waals surface area (Å²) in [6.45, 7) is 4.04. The number of imidazole rings is 1. The molecule has 0 aromatic carbocycles. The zero-order chi connectivity index (χ0) is 12.1. The van der Waals surface area contributed by atoms with Gasteiger partial charge in [-0.25, -0.2) is 4.98 Å². The molecule has 0 fully saturated rings. The van der Waals surface area contributed by atoms with Crippen molar-refractivity contribution in [2.75, 3.05) is 6.54 Å². The van der Waals surface area contributed by atoms with Crippen LogP contribution in [-0.2, 0) is 6.54 Å². The van der Waals surface area contributed by atoms with Gasteiger partial charge in [0.2, 0.25) is 0 Å². The second kappa shape index (κ2) is 6.02. The lowest BCUT2D eigenvalue weighted by atomic mass is 10.2. The van der Waals surface area contributed by atoms with Crippen LogP contribution >= 0.6 is 15.9 Å². The van der Waals surface area contributed by atoms with Gasteiger partial charge < -0.3 is 14.3 Å². The van der Waals surface area contributed by atoms with Crippen molar-refractivity contribution < 1.29 is 4.42 Å². The molecule has 0 saturated heterocycles. The Morgan fingerprint density at radius 2 is 2.41 bits per heavy atom. The van der Waals surface area contributed by atoms with E-state index < -0.39 is 0 Å². The highest BCUT2D eigenvalue weighted by Gasteiger charge is 2.08. The third-order valence-corrected chi connectivity index (χ3v) is 3.05. The topological polar surface area (TPSA) is 43.0 Å². The van der Waals surface area contributed by atoms with E-state index in [-0.39, 0.29) is 6.04 Å². The first-order valence-electron chi connectivity index (χ1n) is 5.70. The van der Waals surface area contributed by atoms with Gasteiger partial charge in [-0.1, -0.05) is 0 Å². The van der Waals surface area contributed by atoms with Gasteiger partial charge >= 0.3 is 0 Å². The van der Waals surface area contributed by atoms with Crippen LogP contribution in [0.4, 0.5) is 0 Å². The second-order valence-electron chi connectivity index (χ2n) is 3.97. The maximum atomic E-state index is 5.49. The third-order valence-electron chi connectivity index (χ3n) is 2.62. The molecule has 0 saturated carbocycles. The minimum absolute atomic E-state index is 0.240. The van der Waals surface area contributed by atoms with Crippen molar-refractivity contribution in [3.05, 3.63) is 41.3 Å². The Balaban J connectivity index is 1.68. The van der Waals surface area contributed by atoms with Gasteiger partial charge in [0.25, 0.3) is 0 Å². The number of halogens is 1. The largest absolute Gasteiger partial charge is 0.453 e. The fourth-order valence-electron chi connectivity index (χ4n) is 1.66. The molecule has 0 aliphatic rings. The molecule has 92 valence electrons. The van der Waals surface area contributed by atoms with E-state index in [4.69, 9.17) is 4.42 Å². The number of nitrogens with zero attached hydrogens (tertiary/aromatic N) is 2. The average molecular weight is 298 g/mol. The summed E-state index contributed by atoms with van der Waals surface area (Å²) in [4.78, 5) is 4.01. The molecule has 4 nitrogen and oxygen atoms in total. The van der Waals surface area contributed by atoms with E-state index in [2.05, 4.69) is 37.7 Å². The summed E-state index contributed by atoms with van der Waals surface area (Å²) in [5, 5.41) is 3.43. The fraction of sp³-hybridized carbons (Fsp3) is 0.417. The Bertz CT molecular complexity index is 438. The smallest absolute Gasteiger partial charge is 0.169 e. The van der Waals surface area contributed by atoms with Crippen molar-refractivity contribution in [1.29, 1.82) is 0 Å². The summed E-state index contributed by atoms with van der Waals surface area (Å²) >= 11 is 3.30. The lowest BCUT2D eigenvalue weighted by Crippen LogP contribution is -2.20. The molecule has 0 bridgehead atoms. The standard InChI is InChI=1S/C12H16BrN3O/c1-10(11-3-4-12(13)17-11)15-5-2-7-16-8-6-14-9-16/h3-4,6,8-10,15H,2,5,7H2,1H3. The summed E-state index contributed by atoms with van der Waals surface area (Å²) in [5.74, 6) is 0.958. The van der Waals surface area contributed by atoms with Gasteiger partial charge in [0, 0.05) is 18.9 Å². The summed E-state index contributed by atoms with van der Waals surface area (Å²) in [6.07, 6.45) is 6.69. The van der Waals surface area contributed by atoms with Crippen molar-refractivity contribution in [3.63, 3.8) is 0 Å². The quantitative estimate of drug-likeness (QED) is 0.834. The van der Waals surface area contributed by atoms with Crippen molar-refractivity contribution in [3.8, 4) is 0 Å². The Morgan fingerprint density at radius 1 is 1.53 bits per heavy atom. The van der Waals surface area contributed by atoms with Crippen LogP contribution in [-0.4, -0.2) is 16.1 Å². The summed E-state index contributed by atoms with van der Waals surface area (Å²) in [6, 6.07) is 4.14. The number of hydrogen-bond acceptors (Lipinski definition) is 3. The van der Waals surface area contributed by atoms with Crippen LogP contribution < -0.4 is 5.32 Å². The second-order valence-corrected chi connectivity index (χ2v) is 4.75. The normalized spacial score (nSPS) is 12.8. The van der Waals surface area contributed by atoms with E-state index in [1.807, 2.05) is 24.7 Å². The summed E-state index contributed by atoms with van der Waals surface area (Å²) in [7, 11) is 0. The fourth-order valence-corrected chi connectivity index (χ4v) is 1.98. The molecular weight excluding hydrogens is 282 g/mol. The van der Waals surface area contributed by atoms with Crippen molar-refractivity contribution >= 4 is 15.9 Å². The van der Waals surface area contributed by atoms with E-state index in [0.717, 1.165) is 29.9 Å². The number of hydrogen-bond donors (Lipinski definition) is 1. The van der Waals surface area contributed by atoms with E-state index in [0.29, 0.717) is 0 Å². The molecule has 2 aromatic heterocycles. The molecule has 2 rings (SSSR count). The minimum atomic E-state index is 0.240. The van der Waals surface area contributed by atoms with Crippen LogP contribution in [0.5, 0.6) is 0 Å². The Kier molecular flexibility index (Phi) is 4.39. The maximum Gasteiger partial charge on any atom is 0.169 e. The first-order valence-corrected chi connectivity index (χ1v) is 6.49. The molecule has 0 aliphatic carbocycles. The molecular formula is C12H16BrN3O. The van der Waals surface area contributed by atoms with Crippen molar-refractivity contribution in [2.45, 2.75) is 25.9 Å². The predicted molar refractivity (Wildman–Crippen MR) is 69.7 cm³/mol. The number of aryl methyl sites for hydroxylation is 1. The molecule has 0 amide bonds. The van der Waals surface area contributed by atoms with E-state index >= 15 is 0 Å². The predicted octanol–water partition coefficient (Wildman–Crippen LogP) is 2.98. The number of aromatic nitrogens is 2. The van der Waals surface area contributed by atoms with Gasteiger partial charge in [-0.05, 0) is 48.0 Å². The lowest BCUT2D eigenvalue weighted by Gasteiger charge is -2.11. The SMILES string of the molecule is CC(NCCCn1ccnc1)c1ccc(Br)o1. The minimum Gasteiger partial charge on any atom is -0.453 e. The van der Waals surface area contributed by atoms with Gasteiger partial charge in [0.1, 0.15) is 5.76 Å². The van der Waals surface area contributed by atoms with Crippen LogP contribution in [0, 0.1) is 0 Å². The van der Waals surface area contributed by atoms with Crippen LogP contribution in [0.15, 0.2) is 39.9 Å². The molecule has 0 spiro atoms.